The molecule has 0 aliphatic heterocycles. The highest BCUT2D eigenvalue weighted by Crippen LogP contribution is 2.37. The number of nitriles is 1. The molecule has 0 saturated heterocycles. The van der Waals surface area contributed by atoms with E-state index in [4.69, 9.17) is 11.5 Å². The minimum atomic E-state index is -0.624. The molecular formula is C12H14N6OS. The van der Waals surface area contributed by atoms with Gasteiger partial charge in [-0.15, -0.1) is 11.3 Å². The molecular weight excluding hydrogens is 276 g/mol. The number of aryl methyl sites for hydroxylation is 1. The van der Waals surface area contributed by atoms with E-state index in [-0.39, 0.29) is 16.1 Å². The first-order valence-electron chi connectivity index (χ1n) is 5.75. The Morgan fingerprint density at radius 2 is 2.35 bits per heavy atom. The van der Waals surface area contributed by atoms with Crippen LogP contribution in [-0.2, 0) is 13.6 Å². The molecule has 0 radical (unpaired) electrons. The minimum absolute atomic E-state index is 0.145. The average molecular weight is 290 g/mol. The number of aromatic nitrogens is 2. The minimum Gasteiger partial charge on any atom is -0.396 e. The number of thiophene rings is 1. The fourth-order valence-corrected chi connectivity index (χ4v) is 2.81. The third-order valence-corrected chi connectivity index (χ3v) is 4.24. The molecule has 2 rings (SSSR count). The van der Waals surface area contributed by atoms with E-state index < -0.39 is 5.91 Å². The lowest BCUT2D eigenvalue weighted by molar-refractivity contribution is 0.100. The monoisotopic (exact) mass is 290 g/mol. The number of nitrogens with two attached hydrogens (primary N) is 2. The van der Waals surface area contributed by atoms with E-state index in [1.54, 1.807) is 6.20 Å². The lowest BCUT2D eigenvalue weighted by Crippen LogP contribution is -2.18. The smallest absolute Gasteiger partial charge is 0.261 e. The Balaban J connectivity index is 2.37. The number of imidazole rings is 1. The van der Waals surface area contributed by atoms with Crippen LogP contribution in [0.3, 0.4) is 0 Å². The van der Waals surface area contributed by atoms with Gasteiger partial charge < -0.3 is 20.9 Å². The number of amides is 1. The van der Waals surface area contributed by atoms with Gasteiger partial charge in [-0.05, 0) is 0 Å². The van der Waals surface area contributed by atoms with Gasteiger partial charge in [0.2, 0.25) is 0 Å². The number of anilines is 2. The standard InChI is InChI=1S/C12H14N6OS/c1-17-4-3-16-8(17)6-18(2)12-7(5-13)9(14)10(20-12)11(15)19/h3-4H,6,14H2,1-2H3,(H2,15,19). The second-order valence-electron chi connectivity index (χ2n) is 4.31. The molecule has 0 fully saturated rings. The molecule has 2 aromatic rings. The number of nitrogen functional groups attached to an aromatic ring is 1. The van der Waals surface area contributed by atoms with Crippen molar-refractivity contribution >= 4 is 27.9 Å². The van der Waals surface area contributed by atoms with Gasteiger partial charge in [-0.25, -0.2) is 4.98 Å². The van der Waals surface area contributed by atoms with Gasteiger partial charge in [0.05, 0.1) is 12.2 Å². The Hall–Kier alpha value is -2.53. The Bertz CT molecular complexity index is 695. The van der Waals surface area contributed by atoms with Crippen LogP contribution in [0, 0.1) is 11.3 Å². The second kappa shape index (κ2) is 5.22. The van der Waals surface area contributed by atoms with Crippen molar-refractivity contribution in [1.29, 1.82) is 5.26 Å². The highest BCUT2D eigenvalue weighted by molar-refractivity contribution is 7.19. The third-order valence-electron chi connectivity index (χ3n) is 2.91. The van der Waals surface area contributed by atoms with Crippen LogP contribution in [0.5, 0.6) is 0 Å². The molecule has 0 aromatic carbocycles. The fraction of sp³-hybridized carbons (Fsp3) is 0.250. The van der Waals surface area contributed by atoms with Gasteiger partial charge >= 0.3 is 0 Å². The van der Waals surface area contributed by atoms with Crippen LogP contribution >= 0.6 is 11.3 Å². The summed E-state index contributed by atoms with van der Waals surface area (Å²) in [6, 6.07) is 2.02. The van der Waals surface area contributed by atoms with Crippen molar-refractivity contribution in [2.24, 2.45) is 12.8 Å². The van der Waals surface area contributed by atoms with Crippen LogP contribution < -0.4 is 16.4 Å². The van der Waals surface area contributed by atoms with E-state index in [0.29, 0.717) is 11.5 Å². The summed E-state index contributed by atoms with van der Waals surface area (Å²) in [6.07, 6.45) is 3.54. The van der Waals surface area contributed by atoms with Gasteiger partial charge in [0.1, 0.15) is 27.3 Å². The molecule has 0 saturated carbocycles. The Morgan fingerprint density at radius 1 is 1.65 bits per heavy atom. The van der Waals surface area contributed by atoms with Crippen molar-refractivity contribution in [2.75, 3.05) is 17.7 Å². The number of nitrogens with zero attached hydrogens (tertiary/aromatic N) is 4. The second-order valence-corrected chi connectivity index (χ2v) is 5.31. The van der Waals surface area contributed by atoms with E-state index in [0.717, 1.165) is 17.2 Å². The summed E-state index contributed by atoms with van der Waals surface area (Å²) in [6.45, 7) is 0.496. The lowest BCUT2D eigenvalue weighted by Gasteiger charge is -2.17. The van der Waals surface area contributed by atoms with Crippen molar-refractivity contribution < 1.29 is 4.79 Å². The van der Waals surface area contributed by atoms with Crippen LogP contribution in [0.2, 0.25) is 0 Å². The summed E-state index contributed by atoms with van der Waals surface area (Å²) >= 11 is 1.12. The summed E-state index contributed by atoms with van der Waals surface area (Å²) in [5, 5.41) is 9.81. The summed E-state index contributed by atoms with van der Waals surface area (Å²) in [5.74, 6) is 0.213. The molecule has 0 aliphatic carbocycles. The Morgan fingerprint density at radius 3 is 2.85 bits per heavy atom. The maximum Gasteiger partial charge on any atom is 0.261 e. The van der Waals surface area contributed by atoms with E-state index in [9.17, 15) is 10.1 Å². The van der Waals surface area contributed by atoms with Crippen LogP contribution in [0.15, 0.2) is 12.4 Å². The van der Waals surface area contributed by atoms with Crippen LogP contribution in [0.4, 0.5) is 10.7 Å². The van der Waals surface area contributed by atoms with Gasteiger partial charge in [-0.3, -0.25) is 4.79 Å². The van der Waals surface area contributed by atoms with Crippen molar-refractivity contribution in [3.63, 3.8) is 0 Å². The van der Waals surface area contributed by atoms with E-state index >= 15 is 0 Å². The molecule has 8 heteroatoms. The summed E-state index contributed by atoms with van der Waals surface area (Å²) < 4.78 is 1.88. The molecule has 0 unspecified atom stereocenters. The van der Waals surface area contributed by atoms with Crippen molar-refractivity contribution in [3.05, 3.63) is 28.7 Å². The molecule has 2 heterocycles. The molecule has 0 bridgehead atoms. The largest absolute Gasteiger partial charge is 0.396 e. The SMILES string of the molecule is CN(Cc1nccn1C)c1sc(C(N)=O)c(N)c1C#N. The molecule has 20 heavy (non-hydrogen) atoms. The van der Waals surface area contributed by atoms with E-state index in [1.807, 2.05) is 35.8 Å². The quantitative estimate of drug-likeness (QED) is 0.859. The molecule has 104 valence electrons. The first kappa shape index (κ1) is 13.9. The maximum atomic E-state index is 11.3. The first-order chi connectivity index (χ1) is 9.45. The van der Waals surface area contributed by atoms with Crippen LogP contribution in [-0.4, -0.2) is 22.5 Å². The summed E-state index contributed by atoms with van der Waals surface area (Å²) in [7, 11) is 3.70. The molecule has 4 N–H and O–H groups in total. The van der Waals surface area contributed by atoms with Gasteiger partial charge in [0.25, 0.3) is 5.91 Å². The maximum absolute atomic E-state index is 11.3. The Kier molecular flexibility index (Phi) is 3.63. The summed E-state index contributed by atoms with van der Waals surface area (Å²) in [5.41, 5.74) is 11.5. The number of carbonyl (C=O) groups excluding carboxylic acids is 1. The molecule has 0 aliphatic rings. The molecule has 0 spiro atoms. The molecule has 0 atom stereocenters. The van der Waals surface area contributed by atoms with Gasteiger partial charge in [0.15, 0.2) is 0 Å². The molecule has 7 nitrogen and oxygen atoms in total. The van der Waals surface area contributed by atoms with Gasteiger partial charge in [-0.2, -0.15) is 5.26 Å². The van der Waals surface area contributed by atoms with Gasteiger partial charge in [-0.1, -0.05) is 0 Å². The zero-order valence-corrected chi connectivity index (χ0v) is 11.9. The highest BCUT2D eigenvalue weighted by Gasteiger charge is 2.22. The fourth-order valence-electron chi connectivity index (χ4n) is 1.82. The summed E-state index contributed by atoms with van der Waals surface area (Å²) in [4.78, 5) is 17.6. The van der Waals surface area contributed by atoms with Crippen molar-refractivity contribution in [3.8, 4) is 6.07 Å². The van der Waals surface area contributed by atoms with Crippen molar-refractivity contribution in [1.82, 2.24) is 9.55 Å². The number of hydrogen-bond donors (Lipinski definition) is 2. The average Bonchev–Trinajstić information content (AvgIpc) is 2.93. The van der Waals surface area contributed by atoms with Crippen LogP contribution in [0.25, 0.3) is 0 Å². The first-order valence-corrected chi connectivity index (χ1v) is 6.56. The lowest BCUT2D eigenvalue weighted by atomic mass is 10.2. The van der Waals surface area contributed by atoms with Crippen molar-refractivity contribution in [2.45, 2.75) is 6.54 Å². The normalized spacial score (nSPS) is 10.2. The van der Waals surface area contributed by atoms with E-state index in [2.05, 4.69) is 4.98 Å². The van der Waals surface area contributed by atoms with Gasteiger partial charge in [0, 0.05) is 26.5 Å². The highest BCUT2D eigenvalue weighted by atomic mass is 32.1. The number of rotatable bonds is 4. The third kappa shape index (κ3) is 2.31. The number of primary amides is 1. The van der Waals surface area contributed by atoms with Crippen LogP contribution in [0.1, 0.15) is 21.1 Å². The molecule has 1 amide bonds. The number of hydrogen-bond acceptors (Lipinski definition) is 6. The molecule has 2 aromatic heterocycles. The number of carbonyl (C=O) groups is 1. The predicted octanol–water partition coefficient (Wildman–Crippen LogP) is 0.671. The Labute approximate surface area is 120 Å². The van der Waals surface area contributed by atoms with E-state index in [1.165, 1.54) is 0 Å². The zero-order valence-electron chi connectivity index (χ0n) is 11.1. The predicted molar refractivity (Wildman–Crippen MR) is 77.3 cm³/mol. The zero-order chi connectivity index (χ0) is 14.9. The topological polar surface area (TPSA) is 114 Å².